The van der Waals surface area contributed by atoms with E-state index in [9.17, 15) is 9.90 Å². The van der Waals surface area contributed by atoms with Crippen molar-refractivity contribution in [3.63, 3.8) is 0 Å². The highest BCUT2D eigenvalue weighted by molar-refractivity contribution is 7.09. The average molecular weight is 314 g/mol. The summed E-state index contributed by atoms with van der Waals surface area (Å²) in [5, 5.41) is 21.4. The normalized spacial score (nSPS) is 10.8. The summed E-state index contributed by atoms with van der Waals surface area (Å²) < 4.78 is 10.9. The van der Waals surface area contributed by atoms with Crippen molar-refractivity contribution >= 4 is 23.4 Å². The monoisotopic (exact) mass is 314 g/mol. The SMILES string of the molecule is COc1cc(/C=C(\C#N)C(=O)[O-])ccc1OCc1cccs1. The molecule has 1 aromatic carbocycles. The second-order valence-electron chi connectivity index (χ2n) is 4.24. The summed E-state index contributed by atoms with van der Waals surface area (Å²) in [6, 6.07) is 10.4. The highest BCUT2D eigenvalue weighted by atomic mass is 32.1. The van der Waals surface area contributed by atoms with E-state index in [0.717, 1.165) is 4.88 Å². The maximum atomic E-state index is 10.7. The number of benzene rings is 1. The minimum Gasteiger partial charge on any atom is -0.544 e. The first-order valence-electron chi connectivity index (χ1n) is 6.30. The second-order valence-corrected chi connectivity index (χ2v) is 5.27. The van der Waals surface area contributed by atoms with Gasteiger partial charge in [-0.1, -0.05) is 12.1 Å². The van der Waals surface area contributed by atoms with Crippen molar-refractivity contribution in [3.8, 4) is 17.6 Å². The molecule has 0 aliphatic rings. The van der Waals surface area contributed by atoms with Crippen molar-refractivity contribution in [2.75, 3.05) is 7.11 Å². The van der Waals surface area contributed by atoms with E-state index in [0.29, 0.717) is 23.7 Å². The van der Waals surface area contributed by atoms with Crippen LogP contribution >= 0.6 is 11.3 Å². The van der Waals surface area contributed by atoms with Gasteiger partial charge < -0.3 is 19.4 Å². The lowest BCUT2D eigenvalue weighted by molar-refractivity contribution is -0.298. The molecule has 1 aromatic heterocycles. The Morgan fingerprint density at radius 2 is 2.23 bits per heavy atom. The molecule has 0 bridgehead atoms. The van der Waals surface area contributed by atoms with E-state index >= 15 is 0 Å². The molecule has 112 valence electrons. The molecule has 0 unspecified atom stereocenters. The van der Waals surface area contributed by atoms with Crippen molar-refractivity contribution in [1.82, 2.24) is 0 Å². The minimum absolute atomic E-state index is 0.422. The predicted octanol–water partition coefficient (Wildman–Crippen LogP) is 1.99. The van der Waals surface area contributed by atoms with Gasteiger partial charge in [0.1, 0.15) is 12.7 Å². The van der Waals surface area contributed by atoms with Crippen LogP contribution in [-0.2, 0) is 11.4 Å². The van der Waals surface area contributed by atoms with Gasteiger partial charge in [0.2, 0.25) is 0 Å². The fourth-order valence-corrected chi connectivity index (χ4v) is 2.36. The zero-order valence-corrected chi connectivity index (χ0v) is 12.6. The van der Waals surface area contributed by atoms with Gasteiger partial charge in [0.05, 0.1) is 18.7 Å². The fraction of sp³-hybridized carbons (Fsp3) is 0.125. The van der Waals surface area contributed by atoms with Crippen LogP contribution in [0, 0.1) is 11.3 Å². The molecule has 1 heterocycles. The highest BCUT2D eigenvalue weighted by Crippen LogP contribution is 2.30. The Morgan fingerprint density at radius 3 is 2.82 bits per heavy atom. The number of ether oxygens (including phenoxy) is 2. The molecule has 0 aliphatic carbocycles. The smallest absolute Gasteiger partial charge is 0.161 e. The number of hydrogen-bond acceptors (Lipinski definition) is 6. The van der Waals surface area contributed by atoms with Gasteiger partial charge in [0.15, 0.2) is 11.5 Å². The molecule has 0 saturated carbocycles. The van der Waals surface area contributed by atoms with Crippen LogP contribution < -0.4 is 14.6 Å². The number of carboxylic acid groups (broad SMARTS) is 1. The van der Waals surface area contributed by atoms with Gasteiger partial charge in [0, 0.05) is 4.88 Å². The molecule has 0 N–H and O–H groups in total. The largest absolute Gasteiger partial charge is 0.544 e. The van der Waals surface area contributed by atoms with E-state index in [2.05, 4.69) is 0 Å². The van der Waals surface area contributed by atoms with Crippen molar-refractivity contribution in [1.29, 1.82) is 5.26 Å². The second kappa shape index (κ2) is 7.29. The Morgan fingerprint density at radius 1 is 1.41 bits per heavy atom. The topological polar surface area (TPSA) is 82.4 Å². The lowest BCUT2D eigenvalue weighted by Gasteiger charge is -2.11. The Labute approximate surface area is 131 Å². The lowest BCUT2D eigenvalue weighted by atomic mass is 10.1. The number of methoxy groups -OCH3 is 1. The Hall–Kier alpha value is -2.78. The van der Waals surface area contributed by atoms with E-state index in [1.807, 2.05) is 17.5 Å². The third-order valence-corrected chi connectivity index (χ3v) is 3.64. The number of hydrogen-bond donors (Lipinski definition) is 0. The summed E-state index contributed by atoms with van der Waals surface area (Å²) in [7, 11) is 1.49. The number of carbonyl (C=O) groups excluding carboxylic acids is 1. The summed E-state index contributed by atoms with van der Waals surface area (Å²) >= 11 is 1.59. The van der Waals surface area contributed by atoms with E-state index in [1.54, 1.807) is 35.6 Å². The van der Waals surface area contributed by atoms with Crippen LogP contribution in [0.2, 0.25) is 0 Å². The zero-order chi connectivity index (χ0) is 15.9. The van der Waals surface area contributed by atoms with Crippen molar-refractivity contribution < 1.29 is 19.4 Å². The lowest BCUT2D eigenvalue weighted by Crippen LogP contribution is -2.23. The molecule has 5 nitrogen and oxygen atoms in total. The van der Waals surface area contributed by atoms with Gasteiger partial charge >= 0.3 is 0 Å². The molecule has 0 aliphatic heterocycles. The molecule has 0 fully saturated rings. The molecule has 0 amide bonds. The standard InChI is InChI=1S/C16H13NO4S/c1-20-15-8-11(7-12(9-17)16(18)19)4-5-14(15)21-10-13-3-2-6-22-13/h2-8H,10H2,1H3,(H,18,19)/p-1/b12-7+. The zero-order valence-electron chi connectivity index (χ0n) is 11.7. The minimum atomic E-state index is -1.51. The molecule has 0 saturated heterocycles. The van der Waals surface area contributed by atoms with Crippen molar-refractivity contribution in [3.05, 3.63) is 51.7 Å². The predicted molar refractivity (Wildman–Crippen MR) is 80.2 cm³/mol. The first kappa shape index (κ1) is 15.6. The Kier molecular flexibility index (Phi) is 5.17. The van der Waals surface area contributed by atoms with Gasteiger partial charge in [-0.05, 0) is 35.2 Å². The van der Waals surface area contributed by atoms with Gasteiger partial charge in [-0.2, -0.15) is 5.26 Å². The molecule has 0 radical (unpaired) electrons. The van der Waals surface area contributed by atoms with E-state index in [4.69, 9.17) is 14.7 Å². The molecule has 2 aromatic rings. The summed E-state index contributed by atoms with van der Waals surface area (Å²) in [6.07, 6.45) is 1.22. The molecular formula is C16H12NO4S-. The molecule has 0 spiro atoms. The van der Waals surface area contributed by atoms with Crippen LogP contribution in [0.25, 0.3) is 6.08 Å². The number of nitriles is 1. The van der Waals surface area contributed by atoms with Crippen LogP contribution in [0.3, 0.4) is 0 Å². The fourth-order valence-electron chi connectivity index (χ4n) is 1.74. The number of rotatable bonds is 6. The van der Waals surface area contributed by atoms with Crippen molar-refractivity contribution in [2.24, 2.45) is 0 Å². The Balaban J connectivity index is 2.20. The number of nitrogens with zero attached hydrogens (tertiary/aromatic N) is 1. The van der Waals surface area contributed by atoms with Gasteiger partial charge in [-0.15, -0.1) is 11.3 Å². The number of thiophene rings is 1. The Bertz CT molecular complexity index is 729. The van der Waals surface area contributed by atoms with Crippen molar-refractivity contribution in [2.45, 2.75) is 6.61 Å². The van der Waals surface area contributed by atoms with Crippen LogP contribution in [0.5, 0.6) is 11.5 Å². The summed E-state index contributed by atoms with van der Waals surface area (Å²) in [5.74, 6) is -0.513. The number of aliphatic carboxylic acids is 1. The maximum Gasteiger partial charge on any atom is 0.161 e. The summed E-state index contributed by atoms with van der Waals surface area (Å²) in [4.78, 5) is 11.8. The van der Waals surface area contributed by atoms with Gasteiger partial charge in [0.25, 0.3) is 0 Å². The average Bonchev–Trinajstić information content (AvgIpc) is 3.04. The molecule has 2 rings (SSSR count). The summed E-state index contributed by atoms with van der Waals surface area (Å²) in [6.45, 7) is 0.422. The van der Waals surface area contributed by atoms with Crippen LogP contribution in [0.4, 0.5) is 0 Å². The first-order valence-corrected chi connectivity index (χ1v) is 7.18. The maximum absolute atomic E-state index is 10.7. The van der Waals surface area contributed by atoms with Crippen LogP contribution in [0.15, 0.2) is 41.3 Å². The number of carbonyl (C=O) groups is 1. The quantitative estimate of drug-likeness (QED) is 0.601. The van der Waals surface area contributed by atoms with E-state index in [1.165, 1.54) is 13.2 Å². The molecule has 6 heteroatoms. The summed E-state index contributed by atoms with van der Waals surface area (Å²) in [5.41, 5.74) is 0.0652. The molecular weight excluding hydrogens is 302 g/mol. The first-order chi connectivity index (χ1) is 10.6. The van der Waals surface area contributed by atoms with E-state index in [-0.39, 0.29) is 0 Å². The van der Waals surface area contributed by atoms with Gasteiger partial charge in [-0.3, -0.25) is 0 Å². The van der Waals surface area contributed by atoms with Gasteiger partial charge in [-0.25, -0.2) is 0 Å². The highest BCUT2D eigenvalue weighted by Gasteiger charge is 2.07. The molecule has 22 heavy (non-hydrogen) atoms. The third-order valence-electron chi connectivity index (χ3n) is 2.79. The van der Waals surface area contributed by atoms with Crippen LogP contribution in [-0.4, -0.2) is 13.1 Å². The number of carboxylic acids is 1. The van der Waals surface area contributed by atoms with E-state index < -0.39 is 11.5 Å². The third kappa shape index (κ3) is 3.87. The molecule has 0 atom stereocenters. The van der Waals surface area contributed by atoms with Crippen LogP contribution in [0.1, 0.15) is 10.4 Å².